The van der Waals surface area contributed by atoms with Crippen LogP contribution in [0.1, 0.15) is 5.56 Å². The lowest BCUT2D eigenvalue weighted by molar-refractivity contribution is -0.130. The predicted octanol–water partition coefficient (Wildman–Crippen LogP) is 3.90. The van der Waals surface area contributed by atoms with Crippen LogP contribution in [-0.4, -0.2) is 31.9 Å². The van der Waals surface area contributed by atoms with Crippen LogP contribution in [0.3, 0.4) is 0 Å². The summed E-state index contributed by atoms with van der Waals surface area (Å²) in [4.78, 5) is 12.4. The van der Waals surface area contributed by atoms with E-state index in [1.165, 1.54) is 0 Å². The molecular formula is C21H17BrN2O4. The van der Waals surface area contributed by atoms with Gasteiger partial charge in [0.1, 0.15) is 12.4 Å². The van der Waals surface area contributed by atoms with Crippen molar-refractivity contribution in [1.82, 2.24) is 5.43 Å². The smallest absolute Gasteiger partial charge is 0.284 e. The molecule has 4 rings (SSSR count). The third-order valence-corrected chi connectivity index (χ3v) is 4.95. The van der Waals surface area contributed by atoms with E-state index in [-0.39, 0.29) is 12.5 Å². The molecule has 1 aliphatic heterocycles. The van der Waals surface area contributed by atoms with E-state index in [9.17, 15) is 4.79 Å². The summed E-state index contributed by atoms with van der Waals surface area (Å²) >= 11 is 3.41. The number of nitrogens with zero attached hydrogens (tertiary/aromatic N) is 1. The van der Waals surface area contributed by atoms with Crippen molar-refractivity contribution in [2.24, 2.45) is 5.10 Å². The Balaban J connectivity index is 1.42. The summed E-state index contributed by atoms with van der Waals surface area (Å²) in [5.41, 5.74) is 3.31. The number of benzene rings is 3. The zero-order valence-electron chi connectivity index (χ0n) is 15.0. The number of fused-ring (bicyclic) bond motifs is 2. The average molecular weight is 441 g/mol. The van der Waals surface area contributed by atoms with Gasteiger partial charge in [-0.3, -0.25) is 4.79 Å². The quantitative estimate of drug-likeness (QED) is 0.493. The first-order valence-electron chi connectivity index (χ1n) is 8.63. The maximum absolute atomic E-state index is 12.4. The first kappa shape index (κ1) is 18.3. The first-order valence-corrected chi connectivity index (χ1v) is 9.42. The minimum Gasteiger partial charge on any atom is -0.496 e. The second-order valence-electron chi connectivity index (χ2n) is 6.19. The summed E-state index contributed by atoms with van der Waals surface area (Å²) < 4.78 is 17.5. The lowest BCUT2D eigenvalue weighted by Gasteiger charge is -2.25. The molecule has 0 fully saturated rings. The number of carbonyl (C=O) groups is 1. The Morgan fingerprint density at radius 3 is 2.64 bits per heavy atom. The van der Waals surface area contributed by atoms with E-state index in [1.807, 2.05) is 54.6 Å². The van der Waals surface area contributed by atoms with Crippen LogP contribution >= 0.6 is 15.9 Å². The summed E-state index contributed by atoms with van der Waals surface area (Å²) in [5.74, 6) is 1.53. The number of carbonyl (C=O) groups excluding carboxylic acids is 1. The molecule has 1 amide bonds. The molecule has 0 bridgehead atoms. The van der Waals surface area contributed by atoms with Gasteiger partial charge in [0.2, 0.25) is 6.10 Å². The minimum absolute atomic E-state index is 0.126. The van der Waals surface area contributed by atoms with Gasteiger partial charge in [-0.15, -0.1) is 0 Å². The molecule has 0 saturated carbocycles. The highest BCUT2D eigenvalue weighted by Crippen LogP contribution is 2.35. The van der Waals surface area contributed by atoms with Gasteiger partial charge in [-0.05, 0) is 62.6 Å². The molecule has 1 atom stereocenters. The highest BCUT2D eigenvalue weighted by atomic mass is 79.9. The number of hydrogen-bond donors (Lipinski definition) is 1. The summed E-state index contributed by atoms with van der Waals surface area (Å²) in [7, 11) is 1.60. The highest BCUT2D eigenvalue weighted by Gasteiger charge is 2.27. The van der Waals surface area contributed by atoms with Crippen molar-refractivity contribution in [3.05, 3.63) is 64.6 Å². The van der Waals surface area contributed by atoms with Crippen LogP contribution in [0.2, 0.25) is 0 Å². The van der Waals surface area contributed by atoms with E-state index in [4.69, 9.17) is 14.2 Å². The molecular weight excluding hydrogens is 424 g/mol. The summed E-state index contributed by atoms with van der Waals surface area (Å²) in [5, 5.41) is 6.08. The topological polar surface area (TPSA) is 69.2 Å². The molecule has 0 aliphatic carbocycles. The van der Waals surface area contributed by atoms with E-state index in [0.29, 0.717) is 11.5 Å². The monoisotopic (exact) mass is 440 g/mol. The van der Waals surface area contributed by atoms with Gasteiger partial charge in [0.25, 0.3) is 5.91 Å². The van der Waals surface area contributed by atoms with E-state index >= 15 is 0 Å². The fourth-order valence-corrected chi connectivity index (χ4v) is 3.45. The maximum Gasteiger partial charge on any atom is 0.284 e. The minimum atomic E-state index is -0.770. The van der Waals surface area contributed by atoms with Crippen molar-refractivity contribution in [2.75, 3.05) is 13.7 Å². The van der Waals surface area contributed by atoms with Gasteiger partial charge in [-0.2, -0.15) is 5.10 Å². The molecule has 3 aromatic rings. The number of nitrogens with one attached hydrogen (secondary N) is 1. The molecule has 7 heteroatoms. The zero-order valence-corrected chi connectivity index (χ0v) is 16.6. The van der Waals surface area contributed by atoms with Crippen LogP contribution < -0.4 is 19.6 Å². The van der Waals surface area contributed by atoms with E-state index < -0.39 is 6.10 Å². The maximum atomic E-state index is 12.4. The summed E-state index contributed by atoms with van der Waals surface area (Å²) in [6.45, 7) is 0.126. The van der Waals surface area contributed by atoms with Crippen molar-refractivity contribution in [1.29, 1.82) is 0 Å². The number of amides is 1. The largest absolute Gasteiger partial charge is 0.496 e. The Morgan fingerprint density at radius 1 is 1.18 bits per heavy atom. The van der Waals surface area contributed by atoms with Crippen molar-refractivity contribution < 1.29 is 19.0 Å². The van der Waals surface area contributed by atoms with E-state index in [1.54, 1.807) is 13.3 Å². The van der Waals surface area contributed by atoms with Gasteiger partial charge in [-0.1, -0.05) is 24.3 Å². The van der Waals surface area contributed by atoms with Crippen LogP contribution in [0.4, 0.5) is 0 Å². The van der Waals surface area contributed by atoms with Crippen LogP contribution in [0.25, 0.3) is 10.8 Å². The van der Waals surface area contributed by atoms with Gasteiger partial charge in [0.05, 0.1) is 17.8 Å². The molecule has 1 aliphatic rings. The molecule has 1 heterocycles. The number of rotatable bonds is 4. The van der Waals surface area contributed by atoms with Crippen molar-refractivity contribution >= 4 is 38.8 Å². The van der Waals surface area contributed by atoms with Gasteiger partial charge in [0, 0.05) is 0 Å². The normalized spacial score (nSPS) is 15.6. The third kappa shape index (κ3) is 3.80. The molecule has 28 heavy (non-hydrogen) atoms. The molecule has 1 N–H and O–H groups in total. The molecule has 0 unspecified atom stereocenters. The molecule has 6 nitrogen and oxygen atoms in total. The number of hydrazone groups is 1. The fourth-order valence-electron chi connectivity index (χ4n) is 2.89. The first-order chi connectivity index (χ1) is 13.6. The second kappa shape index (κ2) is 7.90. The molecule has 142 valence electrons. The lowest BCUT2D eigenvalue weighted by atomic mass is 10.1. The number of methoxy groups -OCH3 is 1. The number of hydrogen-bond acceptors (Lipinski definition) is 5. The third-order valence-electron chi connectivity index (χ3n) is 4.33. The van der Waals surface area contributed by atoms with Crippen molar-refractivity contribution in [3.63, 3.8) is 0 Å². The summed E-state index contributed by atoms with van der Waals surface area (Å²) in [6.07, 6.45) is 0.779. The number of halogens is 1. The molecule has 3 aromatic carbocycles. The Kier molecular flexibility index (Phi) is 5.16. The van der Waals surface area contributed by atoms with Gasteiger partial charge < -0.3 is 14.2 Å². The van der Waals surface area contributed by atoms with Crippen molar-refractivity contribution in [2.45, 2.75) is 6.10 Å². The van der Waals surface area contributed by atoms with Gasteiger partial charge in [0.15, 0.2) is 11.5 Å². The zero-order chi connectivity index (χ0) is 19.5. The van der Waals surface area contributed by atoms with Crippen LogP contribution in [-0.2, 0) is 4.79 Å². The molecule has 0 saturated heterocycles. The van der Waals surface area contributed by atoms with E-state index in [2.05, 4.69) is 26.5 Å². The van der Waals surface area contributed by atoms with E-state index in [0.717, 1.165) is 26.6 Å². The van der Waals surface area contributed by atoms with Crippen LogP contribution in [0.15, 0.2) is 64.2 Å². The molecule has 0 radical (unpaired) electrons. The van der Waals surface area contributed by atoms with Crippen LogP contribution in [0, 0.1) is 0 Å². The van der Waals surface area contributed by atoms with Crippen molar-refractivity contribution in [3.8, 4) is 17.2 Å². The Morgan fingerprint density at radius 2 is 1.93 bits per heavy atom. The number of ether oxygens (including phenoxy) is 3. The van der Waals surface area contributed by atoms with Gasteiger partial charge >= 0.3 is 0 Å². The lowest BCUT2D eigenvalue weighted by Crippen LogP contribution is -2.42. The fraction of sp³-hybridized carbons (Fsp3) is 0.143. The SMILES string of the molecule is COc1ccc(C=NNC(=O)[C@@H]2COc3cc4ccccc4cc3O2)cc1Br. The standard InChI is InChI=1S/C21H17BrN2O4/c1-26-17-7-6-13(8-16(17)22)11-23-24-21(25)20-12-27-18-9-14-4-2-3-5-15(14)10-19(18)28-20/h2-11,20H,12H2,1H3,(H,24,25)/t20-/m0/s1. The Hall–Kier alpha value is -3.06. The molecule has 0 spiro atoms. The average Bonchev–Trinajstić information content (AvgIpc) is 2.72. The van der Waals surface area contributed by atoms with Crippen LogP contribution in [0.5, 0.6) is 17.2 Å². The summed E-state index contributed by atoms with van der Waals surface area (Å²) in [6, 6.07) is 17.2. The second-order valence-corrected chi connectivity index (χ2v) is 7.05. The Labute approximate surface area is 170 Å². The molecule has 0 aromatic heterocycles. The highest BCUT2D eigenvalue weighted by molar-refractivity contribution is 9.10. The Bertz CT molecular complexity index is 1070. The van der Waals surface area contributed by atoms with Gasteiger partial charge in [-0.25, -0.2) is 5.43 Å². The predicted molar refractivity (Wildman–Crippen MR) is 110 cm³/mol.